The average molecular weight is 308 g/mol. The summed E-state index contributed by atoms with van der Waals surface area (Å²) in [6.45, 7) is 5.39. The largest absolute Gasteiger partial charge is 0.423 e. The lowest BCUT2D eigenvalue weighted by Crippen LogP contribution is -2.10. The minimum Gasteiger partial charge on any atom is -0.423 e. The zero-order chi connectivity index (χ0) is 16.6. The predicted octanol–water partition coefficient (Wildman–Crippen LogP) is 3.94. The monoisotopic (exact) mass is 308 g/mol. The molecule has 0 aliphatic carbocycles. The standard InChI is InChI=1S/C19H16O4/c1-11-12(2)18(20)23-17-13(3)16(10-9-15(11)17)22-19(21)14-7-5-4-6-8-14/h4-10H,1-3H3. The third-order valence-corrected chi connectivity index (χ3v) is 4.04. The molecule has 0 unspecified atom stereocenters. The number of hydrogen-bond acceptors (Lipinski definition) is 4. The molecule has 116 valence electrons. The van der Waals surface area contributed by atoms with E-state index in [1.54, 1.807) is 50.2 Å². The van der Waals surface area contributed by atoms with Crippen molar-refractivity contribution in [2.45, 2.75) is 20.8 Å². The molecule has 23 heavy (non-hydrogen) atoms. The molecule has 4 nitrogen and oxygen atoms in total. The molecule has 0 fully saturated rings. The minimum absolute atomic E-state index is 0.371. The molecular formula is C19H16O4. The second-order valence-electron chi connectivity index (χ2n) is 5.46. The van der Waals surface area contributed by atoms with E-state index >= 15 is 0 Å². The predicted molar refractivity (Wildman–Crippen MR) is 88.1 cm³/mol. The van der Waals surface area contributed by atoms with Crippen molar-refractivity contribution < 1.29 is 13.9 Å². The first kappa shape index (κ1) is 15.0. The van der Waals surface area contributed by atoms with Crippen molar-refractivity contribution in [2.75, 3.05) is 0 Å². The Bertz CT molecular complexity index is 953. The smallest absolute Gasteiger partial charge is 0.343 e. The van der Waals surface area contributed by atoms with Gasteiger partial charge < -0.3 is 9.15 Å². The Hall–Kier alpha value is -2.88. The van der Waals surface area contributed by atoms with E-state index in [9.17, 15) is 9.59 Å². The van der Waals surface area contributed by atoms with E-state index in [0.717, 1.165) is 10.9 Å². The average Bonchev–Trinajstić information content (AvgIpc) is 2.56. The Kier molecular flexibility index (Phi) is 3.74. The van der Waals surface area contributed by atoms with Crippen molar-refractivity contribution >= 4 is 16.9 Å². The van der Waals surface area contributed by atoms with E-state index in [1.165, 1.54) is 0 Å². The van der Waals surface area contributed by atoms with Gasteiger partial charge in [0, 0.05) is 16.5 Å². The van der Waals surface area contributed by atoms with Crippen LogP contribution in [0.5, 0.6) is 5.75 Å². The molecule has 0 aliphatic heterocycles. The first-order valence-corrected chi connectivity index (χ1v) is 7.30. The molecule has 3 rings (SSSR count). The van der Waals surface area contributed by atoms with Gasteiger partial charge in [0.2, 0.25) is 0 Å². The molecule has 1 aromatic heterocycles. The summed E-state index contributed by atoms with van der Waals surface area (Å²) in [6.07, 6.45) is 0. The van der Waals surface area contributed by atoms with Gasteiger partial charge in [-0.05, 0) is 50.6 Å². The van der Waals surface area contributed by atoms with Gasteiger partial charge in [0.05, 0.1) is 5.56 Å². The number of fused-ring (bicyclic) bond motifs is 1. The molecule has 3 aromatic rings. The summed E-state index contributed by atoms with van der Waals surface area (Å²) in [5.41, 5.74) is 2.65. The molecule has 1 heterocycles. The molecule has 0 saturated heterocycles. The van der Waals surface area contributed by atoms with Gasteiger partial charge in [-0.1, -0.05) is 18.2 Å². The highest BCUT2D eigenvalue weighted by atomic mass is 16.5. The van der Waals surface area contributed by atoms with Crippen LogP contribution in [0.3, 0.4) is 0 Å². The number of esters is 1. The lowest BCUT2D eigenvalue weighted by atomic mass is 10.0. The topological polar surface area (TPSA) is 56.5 Å². The maximum absolute atomic E-state index is 12.2. The Morgan fingerprint density at radius 3 is 2.30 bits per heavy atom. The van der Waals surface area contributed by atoms with Gasteiger partial charge in [0.15, 0.2) is 0 Å². The van der Waals surface area contributed by atoms with Gasteiger partial charge in [-0.15, -0.1) is 0 Å². The quantitative estimate of drug-likeness (QED) is 0.409. The summed E-state index contributed by atoms with van der Waals surface area (Å²) >= 11 is 0. The SMILES string of the molecule is Cc1c(C)c2ccc(OC(=O)c3ccccc3)c(C)c2oc1=O. The van der Waals surface area contributed by atoms with E-state index in [-0.39, 0.29) is 5.63 Å². The summed E-state index contributed by atoms with van der Waals surface area (Å²) in [7, 11) is 0. The number of aryl methyl sites for hydroxylation is 2. The van der Waals surface area contributed by atoms with Crippen LogP contribution in [0.25, 0.3) is 11.0 Å². The van der Waals surface area contributed by atoms with Crippen LogP contribution < -0.4 is 10.4 Å². The summed E-state index contributed by atoms with van der Waals surface area (Å²) in [5.74, 6) is -0.0583. The number of carbonyl (C=O) groups excluding carboxylic acids is 1. The highest BCUT2D eigenvalue weighted by Crippen LogP contribution is 2.29. The molecule has 0 atom stereocenters. The fourth-order valence-electron chi connectivity index (χ4n) is 2.47. The molecule has 0 radical (unpaired) electrons. The van der Waals surface area contributed by atoms with Gasteiger partial charge in [0.1, 0.15) is 11.3 Å². The summed E-state index contributed by atoms with van der Waals surface area (Å²) in [5, 5.41) is 0.846. The van der Waals surface area contributed by atoms with Crippen LogP contribution >= 0.6 is 0 Å². The Morgan fingerprint density at radius 1 is 0.913 bits per heavy atom. The highest BCUT2D eigenvalue weighted by Gasteiger charge is 2.15. The maximum Gasteiger partial charge on any atom is 0.343 e. The van der Waals surface area contributed by atoms with Gasteiger partial charge in [-0.2, -0.15) is 0 Å². The maximum atomic E-state index is 12.2. The third-order valence-electron chi connectivity index (χ3n) is 4.04. The van der Waals surface area contributed by atoms with Gasteiger partial charge in [0.25, 0.3) is 0 Å². The van der Waals surface area contributed by atoms with E-state index in [1.807, 2.05) is 13.0 Å². The fraction of sp³-hybridized carbons (Fsp3) is 0.158. The molecule has 0 amide bonds. The van der Waals surface area contributed by atoms with Crippen molar-refractivity contribution in [1.82, 2.24) is 0 Å². The molecule has 0 N–H and O–H groups in total. The van der Waals surface area contributed by atoms with Crippen LogP contribution in [0, 0.1) is 20.8 Å². The molecule has 0 saturated carbocycles. The number of benzene rings is 2. The van der Waals surface area contributed by atoms with Crippen LogP contribution in [-0.4, -0.2) is 5.97 Å². The Labute approximate surface area is 133 Å². The highest BCUT2D eigenvalue weighted by molar-refractivity contribution is 5.92. The van der Waals surface area contributed by atoms with E-state index in [4.69, 9.17) is 9.15 Å². The molecule has 0 aliphatic rings. The minimum atomic E-state index is -0.445. The van der Waals surface area contributed by atoms with E-state index in [2.05, 4.69) is 0 Å². The second-order valence-corrected chi connectivity index (χ2v) is 5.46. The summed E-state index contributed by atoms with van der Waals surface area (Å²) in [4.78, 5) is 24.1. The van der Waals surface area contributed by atoms with Crippen molar-refractivity contribution in [3.63, 3.8) is 0 Å². The Morgan fingerprint density at radius 2 is 1.61 bits per heavy atom. The van der Waals surface area contributed by atoms with E-state index in [0.29, 0.717) is 28.0 Å². The summed E-state index contributed by atoms with van der Waals surface area (Å²) in [6, 6.07) is 12.3. The number of rotatable bonds is 2. The summed E-state index contributed by atoms with van der Waals surface area (Å²) < 4.78 is 10.8. The normalized spacial score (nSPS) is 10.7. The zero-order valence-corrected chi connectivity index (χ0v) is 13.2. The van der Waals surface area contributed by atoms with Gasteiger partial charge >= 0.3 is 11.6 Å². The molecule has 0 bridgehead atoms. The van der Waals surface area contributed by atoms with Crippen LogP contribution in [0.4, 0.5) is 0 Å². The van der Waals surface area contributed by atoms with Crippen LogP contribution in [-0.2, 0) is 0 Å². The van der Waals surface area contributed by atoms with Crippen LogP contribution in [0.15, 0.2) is 51.7 Å². The molecular weight excluding hydrogens is 292 g/mol. The van der Waals surface area contributed by atoms with Crippen LogP contribution in [0.1, 0.15) is 27.0 Å². The van der Waals surface area contributed by atoms with Crippen molar-refractivity contribution in [3.8, 4) is 5.75 Å². The molecule has 0 spiro atoms. The first-order valence-electron chi connectivity index (χ1n) is 7.30. The van der Waals surface area contributed by atoms with E-state index < -0.39 is 5.97 Å². The lowest BCUT2D eigenvalue weighted by Gasteiger charge is -2.11. The van der Waals surface area contributed by atoms with Gasteiger partial charge in [-0.3, -0.25) is 0 Å². The van der Waals surface area contributed by atoms with Crippen molar-refractivity contribution in [3.05, 3.63) is 75.1 Å². The number of carbonyl (C=O) groups is 1. The zero-order valence-electron chi connectivity index (χ0n) is 13.2. The third kappa shape index (κ3) is 2.63. The fourth-order valence-corrected chi connectivity index (χ4v) is 2.47. The van der Waals surface area contributed by atoms with Crippen molar-refractivity contribution in [1.29, 1.82) is 0 Å². The van der Waals surface area contributed by atoms with Crippen molar-refractivity contribution in [2.24, 2.45) is 0 Å². The second kappa shape index (κ2) is 5.72. The van der Waals surface area contributed by atoms with Crippen LogP contribution in [0.2, 0.25) is 0 Å². The molecule has 4 heteroatoms. The number of hydrogen-bond donors (Lipinski definition) is 0. The molecule has 2 aromatic carbocycles. The lowest BCUT2D eigenvalue weighted by molar-refractivity contribution is 0.0733. The first-order chi connectivity index (χ1) is 11.0. The van der Waals surface area contributed by atoms with Gasteiger partial charge in [-0.25, -0.2) is 9.59 Å². The Balaban J connectivity index is 2.06. The number of ether oxygens (including phenoxy) is 1.